The molecule has 1 heterocycles. The number of aromatic nitrogens is 1. The Morgan fingerprint density at radius 2 is 1.69 bits per heavy atom. The van der Waals surface area contributed by atoms with Crippen molar-refractivity contribution >= 4 is 50.2 Å². The number of halogens is 1. The molecular formula is C25H27ClN2O7S. The van der Waals surface area contributed by atoms with E-state index < -0.39 is 33.6 Å². The molecule has 3 rings (SSSR count). The fourth-order valence-corrected chi connectivity index (χ4v) is 5.11. The van der Waals surface area contributed by atoms with Gasteiger partial charge in [0.05, 0.1) is 21.5 Å². The van der Waals surface area contributed by atoms with E-state index in [1.54, 1.807) is 36.7 Å². The van der Waals surface area contributed by atoms with Crippen LogP contribution in [0.2, 0.25) is 5.02 Å². The van der Waals surface area contributed by atoms with Crippen molar-refractivity contribution < 1.29 is 32.3 Å². The number of carbonyl (C=O) groups excluding carboxylic acids is 3. The van der Waals surface area contributed by atoms with Gasteiger partial charge in [-0.25, -0.2) is 8.42 Å². The summed E-state index contributed by atoms with van der Waals surface area (Å²) in [5.41, 5.74) is 2.95. The molecule has 0 aliphatic carbocycles. The summed E-state index contributed by atoms with van der Waals surface area (Å²) < 4.78 is 36.3. The first-order valence-electron chi connectivity index (χ1n) is 11.1. The van der Waals surface area contributed by atoms with Crippen molar-refractivity contribution in [2.45, 2.75) is 31.7 Å². The monoisotopic (exact) mass is 534 g/mol. The molecule has 0 radical (unpaired) electrons. The van der Waals surface area contributed by atoms with Crippen LogP contribution in [0.15, 0.2) is 47.4 Å². The maximum atomic E-state index is 13.0. The number of hydrogen-bond acceptors (Lipinski definition) is 7. The van der Waals surface area contributed by atoms with Gasteiger partial charge < -0.3 is 19.4 Å². The number of benzene rings is 2. The first-order valence-corrected chi connectivity index (χ1v) is 13.1. The summed E-state index contributed by atoms with van der Waals surface area (Å²) in [6.45, 7) is 4.54. The molecule has 3 aromatic rings. The van der Waals surface area contributed by atoms with Gasteiger partial charge in [0.2, 0.25) is 0 Å². The van der Waals surface area contributed by atoms with Crippen molar-refractivity contribution in [1.82, 2.24) is 9.88 Å². The number of rotatable bonds is 9. The second-order valence-corrected chi connectivity index (χ2v) is 10.7. The molecule has 0 bridgehead atoms. The number of amides is 1. The Morgan fingerprint density at radius 1 is 1.06 bits per heavy atom. The summed E-state index contributed by atoms with van der Waals surface area (Å²) in [5, 5.41) is 4.26. The van der Waals surface area contributed by atoms with Crippen LogP contribution < -0.4 is 5.32 Å². The van der Waals surface area contributed by atoms with Crippen LogP contribution in [0.1, 0.15) is 41.5 Å². The van der Waals surface area contributed by atoms with Crippen molar-refractivity contribution in [1.29, 1.82) is 0 Å². The SMILES string of the molecule is CC(=O)OCCOC(=O)CS(=O)(=O)c1ccc([C@@H](C)NC(=O)c2cc3c(Cl)cc(C)cc3n2C)cc1. The van der Waals surface area contributed by atoms with Crippen LogP contribution in [-0.4, -0.2) is 49.8 Å². The lowest BCUT2D eigenvalue weighted by Gasteiger charge is -2.15. The average Bonchev–Trinajstić information content (AvgIpc) is 3.13. The third kappa shape index (κ3) is 6.44. The fourth-order valence-electron chi connectivity index (χ4n) is 3.68. The first kappa shape index (κ1) is 27.2. The third-order valence-corrected chi connectivity index (χ3v) is 7.45. The summed E-state index contributed by atoms with van der Waals surface area (Å²) in [6, 6.07) is 11.0. The van der Waals surface area contributed by atoms with E-state index in [9.17, 15) is 22.8 Å². The number of fused-ring (bicyclic) bond motifs is 1. The van der Waals surface area contributed by atoms with E-state index in [2.05, 4.69) is 10.1 Å². The second kappa shape index (κ2) is 11.1. The number of aryl methyl sites for hydroxylation is 2. The molecule has 1 atom stereocenters. The molecule has 9 nitrogen and oxygen atoms in total. The van der Waals surface area contributed by atoms with Crippen LogP contribution in [0.3, 0.4) is 0 Å². The largest absolute Gasteiger partial charge is 0.462 e. The molecule has 0 fully saturated rings. The van der Waals surface area contributed by atoms with Crippen molar-refractivity contribution in [3.63, 3.8) is 0 Å². The van der Waals surface area contributed by atoms with E-state index in [4.69, 9.17) is 16.3 Å². The molecule has 0 saturated carbocycles. The van der Waals surface area contributed by atoms with E-state index in [0.717, 1.165) is 16.5 Å². The number of nitrogens with one attached hydrogen (secondary N) is 1. The maximum Gasteiger partial charge on any atom is 0.321 e. The molecule has 11 heteroatoms. The minimum Gasteiger partial charge on any atom is -0.462 e. The topological polar surface area (TPSA) is 121 Å². The van der Waals surface area contributed by atoms with Gasteiger partial charge in [-0.1, -0.05) is 23.7 Å². The molecule has 0 spiro atoms. The molecule has 0 saturated heterocycles. The van der Waals surface area contributed by atoms with Crippen molar-refractivity contribution in [3.05, 3.63) is 64.3 Å². The molecule has 192 valence electrons. The Bertz CT molecular complexity index is 1410. The second-order valence-electron chi connectivity index (χ2n) is 8.35. The lowest BCUT2D eigenvalue weighted by atomic mass is 10.1. The number of carbonyl (C=O) groups is 3. The smallest absolute Gasteiger partial charge is 0.321 e. The van der Waals surface area contributed by atoms with E-state index in [0.29, 0.717) is 16.3 Å². The van der Waals surface area contributed by atoms with Gasteiger partial charge in [-0.15, -0.1) is 0 Å². The molecule has 0 unspecified atom stereocenters. The zero-order valence-electron chi connectivity index (χ0n) is 20.3. The van der Waals surface area contributed by atoms with E-state index >= 15 is 0 Å². The molecular weight excluding hydrogens is 508 g/mol. The fraction of sp³-hybridized carbons (Fsp3) is 0.320. The number of nitrogens with zero attached hydrogens (tertiary/aromatic N) is 1. The van der Waals surface area contributed by atoms with Gasteiger partial charge in [-0.3, -0.25) is 14.4 Å². The first-order chi connectivity index (χ1) is 16.9. The normalized spacial score (nSPS) is 12.2. The van der Waals surface area contributed by atoms with Gasteiger partial charge in [0.15, 0.2) is 15.6 Å². The van der Waals surface area contributed by atoms with Crippen LogP contribution in [0.5, 0.6) is 0 Å². The van der Waals surface area contributed by atoms with E-state index in [1.807, 2.05) is 19.1 Å². The third-order valence-electron chi connectivity index (χ3n) is 5.53. The van der Waals surface area contributed by atoms with E-state index in [-0.39, 0.29) is 24.0 Å². The number of esters is 2. The number of hydrogen-bond donors (Lipinski definition) is 1. The summed E-state index contributed by atoms with van der Waals surface area (Å²) in [4.78, 5) is 35.4. The van der Waals surface area contributed by atoms with Gasteiger partial charge in [0, 0.05) is 19.4 Å². The minimum atomic E-state index is -3.94. The lowest BCUT2D eigenvalue weighted by Crippen LogP contribution is -2.28. The van der Waals surface area contributed by atoms with Crippen molar-refractivity contribution in [2.24, 2.45) is 7.05 Å². The van der Waals surface area contributed by atoms with Crippen molar-refractivity contribution in [3.8, 4) is 0 Å². The maximum absolute atomic E-state index is 13.0. The molecule has 0 aliphatic rings. The van der Waals surface area contributed by atoms with Gasteiger partial charge in [-0.2, -0.15) is 0 Å². The Balaban J connectivity index is 1.65. The molecule has 2 aromatic carbocycles. The minimum absolute atomic E-state index is 0.0552. The van der Waals surface area contributed by atoms with Gasteiger partial charge >= 0.3 is 11.9 Å². The van der Waals surface area contributed by atoms with Crippen LogP contribution in [0.4, 0.5) is 0 Å². The summed E-state index contributed by atoms with van der Waals surface area (Å²) in [6.07, 6.45) is 0. The van der Waals surface area contributed by atoms with Crippen molar-refractivity contribution in [2.75, 3.05) is 19.0 Å². The average molecular weight is 535 g/mol. The molecule has 1 N–H and O–H groups in total. The summed E-state index contributed by atoms with van der Waals surface area (Å²) in [7, 11) is -2.14. The standard InChI is InChI=1S/C25H27ClN2O7S/c1-15-11-21(26)20-13-23(28(4)22(20)12-15)25(31)27-16(2)18-5-7-19(8-6-18)36(32,33)14-24(30)35-10-9-34-17(3)29/h5-8,11-13,16H,9-10,14H2,1-4H3,(H,27,31)/t16-/m1/s1. The molecule has 36 heavy (non-hydrogen) atoms. The quantitative estimate of drug-likeness (QED) is 0.329. The molecule has 1 aromatic heterocycles. The highest BCUT2D eigenvalue weighted by Crippen LogP contribution is 2.28. The highest BCUT2D eigenvalue weighted by molar-refractivity contribution is 7.92. The van der Waals surface area contributed by atoms with Gasteiger partial charge in [-0.05, 0) is 55.3 Å². The zero-order valence-corrected chi connectivity index (χ0v) is 21.9. The Kier molecular flexibility index (Phi) is 8.42. The predicted octanol–water partition coefficient (Wildman–Crippen LogP) is 3.51. The number of ether oxygens (including phenoxy) is 2. The zero-order chi connectivity index (χ0) is 26.6. The van der Waals surface area contributed by atoms with Gasteiger partial charge in [0.25, 0.3) is 5.91 Å². The van der Waals surface area contributed by atoms with Crippen LogP contribution in [-0.2, 0) is 35.9 Å². The van der Waals surface area contributed by atoms with E-state index in [1.165, 1.54) is 19.1 Å². The highest BCUT2D eigenvalue weighted by atomic mass is 35.5. The predicted molar refractivity (Wildman–Crippen MR) is 135 cm³/mol. The Labute approximate surface area is 214 Å². The lowest BCUT2D eigenvalue weighted by molar-refractivity contribution is -0.149. The Morgan fingerprint density at radius 3 is 2.33 bits per heavy atom. The van der Waals surface area contributed by atoms with Crippen LogP contribution >= 0.6 is 11.6 Å². The molecule has 0 aliphatic heterocycles. The highest BCUT2D eigenvalue weighted by Gasteiger charge is 2.22. The Hall–Kier alpha value is -3.37. The van der Waals surface area contributed by atoms with Gasteiger partial charge in [0.1, 0.15) is 18.9 Å². The molecule has 1 amide bonds. The van der Waals surface area contributed by atoms with Crippen LogP contribution in [0.25, 0.3) is 10.9 Å². The summed E-state index contributed by atoms with van der Waals surface area (Å²) >= 11 is 6.34. The summed E-state index contributed by atoms with van der Waals surface area (Å²) in [5.74, 6) is -2.62. The van der Waals surface area contributed by atoms with Crippen LogP contribution in [0, 0.1) is 6.92 Å². The number of sulfone groups is 1.